The number of rotatable bonds is 3. The van der Waals surface area contributed by atoms with E-state index in [1.54, 1.807) is 25.6 Å². The third-order valence-corrected chi connectivity index (χ3v) is 3.88. The summed E-state index contributed by atoms with van der Waals surface area (Å²) in [7, 11) is 1.57. The van der Waals surface area contributed by atoms with E-state index in [0.29, 0.717) is 17.0 Å². The Labute approximate surface area is 130 Å². The standard InChI is InChI=1S/C16H13BrN2O2/c1-21-12-6-11(8-18-9-12)16(20)15-13(17)7-10-4-2-3-5-14(10)19-15/h2-9,16,20H,1H3. The second kappa shape index (κ2) is 5.79. The van der Waals surface area contributed by atoms with Crippen LogP contribution in [0.25, 0.3) is 10.9 Å². The van der Waals surface area contributed by atoms with Gasteiger partial charge in [0.2, 0.25) is 0 Å². The molecule has 4 nitrogen and oxygen atoms in total. The molecular formula is C16H13BrN2O2. The molecule has 1 unspecified atom stereocenters. The van der Waals surface area contributed by atoms with Gasteiger partial charge in [-0.3, -0.25) is 4.98 Å². The highest BCUT2D eigenvalue weighted by Gasteiger charge is 2.17. The van der Waals surface area contributed by atoms with Crippen molar-refractivity contribution in [3.05, 3.63) is 64.5 Å². The molecule has 0 bridgehead atoms. The smallest absolute Gasteiger partial charge is 0.137 e. The predicted molar refractivity (Wildman–Crippen MR) is 84.3 cm³/mol. The summed E-state index contributed by atoms with van der Waals surface area (Å²) >= 11 is 3.48. The molecule has 2 heterocycles. The monoisotopic (exact) mass is 344 g/mol. The molecule has 0 radical (unpaired) electrons. The third-order valence-electron chi connectivity index (χ3n) is 3.25. The highest BCUT2D eigenvalue weighted by atomic mass is 79.9. The van der Waals surface area contributed by atoms with E-state index >= 15 is 0 Å². The molecule has 1 atom stereocenters. The van der Waals surface area contributed by atoms with Crippen LogP contribution >= 0.6 is 15.9 Å². The molecule has 0 amide bonds. The van der Waals surface area contributed by atoms with Crippen molar-refractivity contribution in [1.29, 1.82) is 0 Å². The molecule has 5 heteroatoms. The SMILES string of the molecule is COc1cncc(C(O)c2nc3ccccc3cc2Br)c1. The second-order valence-electron chi connectivity index (χ2n) is 4.61. The van der Waals surface area contributed by atoms with Crippen molar-refractivity contribution in [3.8, 4) is 5.75 Å². The summed E-state index contributed by atoms with van der Waals surface area (Å²) in [6.07, 6.45) is 2.34. The molecule has 0 aliphatic carbocycles. The first kappa shape index (κ1) is 14.0. The zero-order valence-corrected chi connectivity index (χ0v) is 12.9. The Kier molecular flexibility index (Phi) is 3.86. The van der Waals surface area contributed by atoms with E-state index in [2.05, 4.69) is 25.9 Å². The van der Waals surface area contributed by atoms with Gasteiger partial charge in [0, 0.05) is 21.6 Å². The minimum absolute atomic E-state index is 0.559. The van der Waals surface area contributed by atoms with E-state index < -0.39 is 6.10 Å². The van der Waals surface area contributed by atoms with E-state index in [1.165, 1.54) is 0 Å². The van der Waals surface area contributed by atoms with Crippen molar-refractivity contribution in [3.63, 3.8) is 0 Å². The van der Waals surface area contributed by atoms with Crippen molar-refractivity contribution in [2.45, 2.75) is 6.10 Å². The highest BCUT2D eigenvalue weighted by molar-refractivity contribution is 9.10. The van der Waals surface area contributed by atoms with Crippen LogP contribution in [-0.4, -0.2) is 22.2 Å². The van der Waals surface area contributed by atoms with E-state index in [4.69, 9.17) is 4.74 Å². The van der Waals surface area contributed by atoms with Gasteiger partial charge >= 0.3 is 0 Å². The Morgan fingerprint density at radius 1 is 1.19 bits per heavy atom. The fourth-order valence-corrected chi connectivity index (χ4v) is 2.70. The van der Waals surface area contributed by atoms with Crippen molar-refractivity contribution >= 4 is 26.8 Å². The Morgan fingerprint density at radius 2 is 2.00 bits per heavy atom. The zero-order valence-electron chi connectivity index (χ0n) is 11.3. The number of hydrogen-bond acceptors (Lipinski definition) is 4. The molecule has 106 valence electrons. The van der Waals surface area contributed by atoms with Crippen LogP contribution in [0.3, 0.4) is 0 Å². The molecular weight excluding hydrogens is 332 g/mol. The topological polar surface area (TPSA) is 55.2 Å². The Balaban J connectivity index is 2.08. The molecule has 3 aromatic rings. The number of fused-ring (bicyclic) bond motifs is 1. The van der Waals surface area contributed by atoms with Crippen LogP contribution in [0.15, 0.2) is 53.3 Å². The first-order valence-corrected chi connectivity index (χ1v) is 7.20. The normalized spacial score (nSPS) is 12.3. The van der Waals surface area contributed by atoms with Crippen LogP contribution < -0.4 is 4.74 Å². The first-order valence-electron chi connectivity index (χ1n) is 6.41. The summed E-state index contributed by atoms with van der Waals surface area (Å²) in [5.74, 6) is 0.600. The number of nitrogens with zero attached hydrogens (tertiary/aromatic N) is 2. The van der Waals surface area contributed by atoms with Gasteiger partial charge < -0.3 is 9.84 Å². The fourth-order valence-electron chi connectivity index (χ4n) is 2.15. The molecule has 1 N–H and O–H groups in total. The number of para-hydroxylation sites is 1. The Hall–Kier alpha value is -1.98. The average Bonchev–Trinajstić information content (AvgIpc) is 2.53. The van der Waals surface area contributed by atoms with Crippen molar-refractivity contribution in [2.24, 2.45) is 0 Å². The highest BCUT2D eigenvalue weighted by Crippen LogP contribution is 2.30. The minimum Gasteiger partial charge on any atom is -0.495 e. The van der Waals surface area contributed by atoms with E-state index in [0.717, 1.165) is 15.4 Å². The molecule has 0 spiro atoms. The van der Waals surface area contributed by atoms with Gasteiger partial charge in [-0.25, -0.2) is 4.98 Å². The van der Waals surface area contributed by atoms with Gasteiger partial charge in [0.05, 0.1) is 24.5 Å². The summed E-state index contributed by atoms with van der Waals surface area (Å²) in [6.45, 7) is 0. The average molecular weight is 345 g/mol. The molecule has 0 saturated carbocycles. The predicted octanol–water partition coefficient (Wildman–Crippen LogP) is 3.48. The molecule has 2 aromatic heterocycles. The number of pyridine rings is 2. The maximum Gasteiger partial charge on any atom is 0.137 e. The summed E-state index contributed by atoms with van der Waals surface area (Å²) in [5.41, 5.74) is 2.03. The maximum absolute atomic E-state index is 10.6. The van der Waals surface area contributed by atoms with Crippen LogP contribution in [0.1, 0.15) is 17.4 Å². The summed E-state index contributed by atoms with van der Waals surface area (Å²) in [4.78, 5) is 8.61. The maximum atomic E-state index is 10.6. The summed E-state index contributed by atoms with van der Waals surface area (Å²) in [6, 6.07) is 11.5. The number of halogens is 1. The zero-order chi connectivity index (χ0) is 14.8. The number of ether oxygens (including phenoxy) is 1. The lowest BCUT2D eigenvalue weighted by Crippen LogP contribution is -2.04. The van der Waals surface area contributed by atoms with E-state index in [-0.39, 0.29) is 0 Å². The Bertz CT molecular complexity index is 792. The second-order valence-corrected chi connectivity index (χ2v) is 5.46. The lowest BCUT2D eigenvalue weighted by molar-refractivity contribution is 0.214. The van der Waals surface area contributed by atoms with Crippen molar-refractivity contribution in [1.82, 2.24) is 9.97 Å². The van der Waals surface area contributed by atoms with Crippen LogP contribution in [0, 0.1) is 0 Å². The number of aliphatic hydroxyl groups excluding tert-OH is 1. The molecule has 3 rings (SSSR count). The van der Waals surface area contributed by atoms with Crippen LogP contribution in [0.5, 0.6) is 5.75 Å². The number of aromatic nitrogens is 2. The van der Waals surface area contributed by atoms with Gasteiger partial charge in [0.1, 0.15) is 11.9 Å². The summed E-state index contributed by atoms with van der Waals surface area (Å²) in [5, 5.41) is 11.6. The molecule has 0 aliphatic heterocycles. The van der Waals surface area contributed by atoms with Crippen LogP contribution in [-0.2, 0) is 0 Å². The molecule has 0 fully saturated rings. The lowest BCUT2D eigenvalue weighted by atomic mass is 10.1. The van der Waals surface area contributed by atoms with E-state index in [1.807, 2.05) is 30.3 Å². The fraction of sp³-hybridized carbons (Fsp3) is 0.125. The van der Waals surface area contributed by atoms with Crippen molar-refractivity contribution in [2.75, 3.05) is 7.11 Å². The van der Waals surface area contributed by atoms with Crippen LogP contribution in [0.2, 0.25) is 0 Å². The first-order chi connectivity index (χ1) is 10.2. The quantitative estimate of drug-likeness (QED) is 0.790. The van der Waals surface area contributed by atoms with E-state index in [9.17, 15) is 5.11 Å². The van der Waals surface area contributed by atoms with Crippen LogP contribution in [0.4, 0.5) is 0 Å². The number of methoxy groups -OCH3 is 1. The Morgan fingerprint density at radius 3 is 2.81 bits per heavy atom. The number of hydrogen-bond donors (Lipinski definition) is 1. The van der Waals surface area contributed by atoms with Gasteiger partial charge in [-0.1, -0.05) is 18.2 Å². The van der Waals surface area contributed by atoms with Gasteiger partial charge in [0.25, 0.3) is 0 Å². The molecule has 0 saturated heterocycles. The molecule has 1 aromatic carbocycles. The minimum atomic E-state index is -0.869. The molecule has 21 heavy (non-hydrogen) atoms. The van der Waals surface area contributed by atoms with Gasteiger partial charge in [0.15, 0.2) is 0 Å². The third kappa shape index (κ3) is 2.75. The van der Waals surface area contributed by atoms with Gasteiger partial charge in [-0.2, -0.15) is 0 Å². The summed E-state index contributed by atoms with van der Waals surface area (Å²) < 4.78 is 5.90. The van der Waals surface area contributed by atoms with Crippen molar-refractivity contribution < 1.29 is 9.84 Å². The number of benzene rings is 1. The van der Waals surface area contributed by atoms with Gasteiger partial charge in [-0.15, -0.1) is 0 Å². The lowest BCUT2D eigenvalue weighted by Gasteiger charge is -2.14. The molecule has 0 aliphatic rings. The largest absolute Gasteiger partial charge is 0.495 e. The number of aliphatic hydroxyl groups is 1. The van der Waals surface area contributed by atoms with Gasteiger partial charge in [-0.05, 0) is 34.1 Å².